The Morgan fingerprint density at radius 2 is 2.12 bits per heavy atom. The number of hydrogen-bond acceptors (Lipinski definition) is 4. The molecule has 0 saturated heterocycles. The Kier molecular flexibility index (Phi) is 6.80. The Labute approximate surface area is 156 Å². The zero-order valence-electron chi connectivity index (χ0n) is 14.5. The summed E-state index contributed by atoms with van der Waals surface area (Å²) >= 11 is 6.20. The molecule has 0 aliphatic carbocycles. The number of halogens is 1. The van der Waals surface area contributed by atoms with Gasteiger partial charge in [0.05, 0.1) is 16.6 Å². The molecule has 1 unspecified atom stereocenters. The normalized spacial score (nSPS) is 11.5. The Hall–Kier alpha value is -2.80. The number of urea groups is 1. The van der Waals surface area contributed by atoms with E-state index in [1.54, 1.807) is 24.4 Å². The number of hydrogen-bond donors (Lipinski definition) is 2. The van der Waals surface area contributed by atoms with Gasteiger partial charge in [0.2, 0.25) is 0 Å². The molecule has 0 bridgehead atoms. The summed E-state index contributed by atoms with van der Waals surface area (Å²) in [7, 11) is 1.53. The Bertz CT molecular complexity index is 770. The summed E-state index contributed by atoms with van der Waals surface area (Å²) in [5.41, 5.74) is 1.26. The Morgan fingerprint density at radius 1 is 1.35 bits per heavy atom. The van der Waals surface area contributed by atoms with E-state index in [0.717, 1.165) is 5.69 Å². The third-order valence-electron chi connectivity index (χ3n) is 3.60. The first-order valence-electron chi connectivity index (χ1n) is 7.94. The molecular formula is C18H20ClN3O4. The molecule has 2 amide bonds. The van der Waals surface area contributed by atoms with Crippen LogP contribution in [-0.2, 0) is 11.4 Å². The first-order valence-corrected chi connectivity index (χ1v) is 8.31. The van der Waals surface area contributed by atoms with Crippen molar-refractivity contribution in [3.05, 3.63) is 53.3 Å². The number of rotatable bonds is 7. The van der Waals surface area contributed by atoms with Crippen LogP contribution in [0.5, 0.6) is 5.75 Å². The van der Waals surface area contributed by atoms with Crippen LogP contribution in [0.15, 0.2) is 42.6 Å². The van der Waals surface area contributed by atoms with Crippen molar-refractivity contribution in [2.45, 2.75) is 13.5 Å². The van der Waals surface area contributed by atoms with Gasteiger partial charge >= 0.3 is 12.0 Å². The highest BCUT2D eigenvalue weighted by atomic mass is 35.5. The minimum Gasteiger partial charge on any atom is -0.486 e. The van der Waals surface area contributed by atoms with Crippen LogP contribution < -0.4 is 10.1 Å². The number of carbonyl (C=O) groups excluding carboxylic acids is 1. The number of benzene rings is 1. The third-order valence-corrected chi connectivity index (χ3v) is 3.90. The van der Waals surface area contributed by atoms with Gasteiger partial charge in [0.15, 0.2) is 0 Å². The molecule has 7 nitrogen and oxygen atoms in total. The summed E-state index contributed by atoms with van der Waals surface area (Å²) < 4.78 is 5.63. The summed E-state index contributed by atoms with van der Waals surface area (Å²) in [5, 5.41) is 11.9. The number of aliphatic carboxylic acids is 1. The maximum absolute atomic E-state index is 12.1. The summed E-state index contributed by atoms with van der Waals surface area (Å²) in [6.45, 7) is 1.92. The molecule has 26 heavy (non-hydrogen) atoms. The molecule has 0 fully saturated rings. The summed E-state index contributed by atoms with van der Waals surface area (Å²) in [4.78, 5) is 28.5. The molecule has 1 heterocycles. The number of pyridine rings is 1. The van der Waals surface area contributed by atoms with Crippen LogP contribution in [0.4, 0.5) is 10.5 Å². The molecule has 138 valence electrons. The van der Waals surface area contributed by atoms with Gasteiger partial charge in [-0.05, 0) is 30.3 Å². The second kappa shape index (κ2) is 9.05. The number of amides is 2. The fourth-order valence-electron chi connectivity index (χ4n) is 2.12. The molecule has 2 N–H and O–H groups in total. The molecule has 0 spiro atoms. The lowest BCUT2D eigenvalue weighted by Gasteiger charge is -2.20. The lowest BCUT2D eigenvalue weighted by molar-refractivity contribution is -0.141. The third kappa shape index (κ3) is 5.63. The number of nitrogens with zero attached hydrogens (tertiary/aromatic N) is 2. The van der Waals surface area contributed by atoms with Crippen molar-refractivity contribution in [1.29, 1.82) is 0 Å². The molecule has 2 aromatic rings. The fourth-order valence-corrected chi connectivity index (χ4v) is 2.36. The first-order chi connectivity index (χ1) is 12.4. The SMILES string of the molecule is CC(CN(C)C(=O)Nc1ccc(OCc2ccccn2)c(Cl)c1)C(=O)O. The van der Waals surface area contributed by atoms with Gasteiger partial charge in [-0.15, -0.1) is 0 Å². The van der Waals surface area contributed by atoms with Crippen LogP contribution >= 0.6 is 11.6 Å². The summed E-state index contributed by atoms with van der Waals surface area (Å²) in [6.07, 6.45) is 1.68. The number of carboxylic acids is 1. The molecule has 0 saturated carbocycles. The highest BCUT2D eigenvalue weighted by molar-refractivity contribution is 6.32. The van der Waals surface area contributed by atoms with E-state index >= 15 is 0 Å². The van der Waals surface area contributed by atoms with Crippen molar-refractivity contribution in [3.8, 4) is 5.75 Å². The molecule has 0 aliphatic rings. The second-order valence-electron chi connectivity index (χ2n) is 5.80. The van der Waals surface area contributed by atoms with Crippen LogP contribution in [0.1, 0.15) is 12.6 Å². The molecule has 1 aromatic heterocycles. The van der Waals surface area contributed by atoms with Crippen molar-refractivity contribution in [3.63, 3.8) is 0 Å². The van der Waals surface area contributed by atoms with E-state index in [0.29, 0.717) is 16.5 Å². The molecule has 0 radical (unpaired) electrons. The molecule has 1 atom stereocenters. The van der Waals surface area contributed by atoms with Crippen LogP contribution in [0, 0.1) is 5.92 Å². The minimum atomic E-state index is -0.956. The van der Waals surface area contributed by atoms with Gasteiger partial charge in [0, 0.05) is 25.5 Å². The number of carboxylic acid groups (broad SMARTS) is 1. The molecule has 1 aromatic carbocycles. The van der Waals surface area contributed by atoms with E-state index in [1.807, 2.05) is 18.2 Å². The van der Waals surface area contributed by atoms with Crippen molar-refractivity contribution in [2.24, 2.45) is 5.92 Å². The van der Waals surface area contributed by atoms with E-state index < -0.39 is 17.9 Å². The van der Waals surface area contributed by atoms with E-state index in [1.165, 1.54) is 18.9 Å². The van der Waals surface area contributed by atoms with Crippen molar-refractivity contribution in [2.75, 3.05) is 18.9 Å². The number of anilines is 1. The molecule has 2 rings (SSSR count). The van der Waals surface area contributed by atoms with Gasteiger partial charge in [-0.1, -0.05) is 24.6 Å². The van der Waals surface area contributed by atoms with Gasteiger partial charge in [-0.25, -0.2) is 4.79 Å². The zero-order chi connectivity index (χ0) is 19.1. The van der Waals surface area contributed by atoms with Gasteiger partial charge in [0.1, 0.15) is 12.4 Å². The number of nitrogens with one attached hydrogen (secondary N) is 1. The fraction of sp³-hybridized carbons (Fsp3) is 0.278. The average molecular weight is 378 g/mol. The number of aromatic nitrogens is 1. The lowest BCUT2D eigenvalue weighted by atomic mass is 10.2. The predicted octanol–water partition coefficient (Wildman–Crippen LogP) is 3.50. The van der Waals surface area contributed by atoms with Crippen molar-refractivity contribution >= 4 is 29.3 Å². The van der Waals surface area contributed by atoms with Crippen molar-refractivity contribution < 1.29 is 19.4 Å². The zero-order valence-corrected chi connectivity index (χ0v) is 15.2. The van der Waals surface area contributed by atoms with Crippen molar-refractivity contribution in [1.82, 2.24) is 9.88 Å². The van der Waals surface area contributed by atoms with E-state index in [-0.39, 0.29) is 13.2 Å². The van der Waals surface area contributed by atoms with Gasteiger partial charge in [-0.3, -0.25) is 9.78 Å². The van der Waals surface area contributed by atoms with E-state index in [4.69, 9.17) is 21.4 Å². The van der Waals surface area contributed by atoms with Crippen LogP contribution in [0.25, 0.3) is 0 Å². The van der Waals surface area contributed by atoms with Crippen LogP contribution in [0.2, 0.25) is 5.02 Å². The maximum atomic E-state index is 12.1. The highest BCUT2D eigenvalue weighted by Crippen LogP contribution is 2.28. The van der Waals surface area contributed by atoms with Crippen LogP contribution in [0.3, 0.4) is 0 Å². The predicted molar refractivity (Wildman–Crippen MR) is 98.5 cm³/mol. The highest BCUT2D eigenvalue weighted by Gasteiger charge is 2.17. The number of carbonyl (C=O) groups is 2. The largest absolute Gasteiger partial charge is 0.486 e. The average Bonchev–Trinajstić information content (AvgIpc) is 2.61. The van der Waals surface area contributed by atoms with Gasteiger partial charge in [-0.2, -0.15) is 0 Å². The minimum absolute atomic E-state index is 0.0974. The summed E-state index contributed by atoms with van der Waals surface area (Å²) in [6, 6.07) is 10.00. The van der Waals surface area contributed by atoms with Gasteiger partial charge < -0.3 is 20.1 Å². The first kappa shape index (κ1) is 19.5. The maximum Gasteiger partial charge on any atom is 0.321 e. The Balaban J connectivity index is 1.94. The molecular weight excluding hydrogens is 358 g/mol. The summed E-state index contributed by atoms with van der Waals surface area (Å²) in [5.74, 6) is -1.14. The second-order valence-corrected chi connectivity index (χ2v) is 6.21. The smallest absolute Gasteiger partial charge is 0.321 e. The monoisotopic (exact) mass is 377 g/mol. The lowest BCUT2D eigenvalue weighted by Crippen LogP contribution is -2.36. The van der Waals surface area contributed by atoms with E-state index in [9.17, 15) is 9.59 Å². The van der Waals surface area contributed by atoms with Crippen LogP contribution in [-0.4, -0.2) is 40.6 Å². The topological polar surface area (TPSA) is 91.8 Å². The molecule has 0 aliphatic heterocycles. The standard InChI is InChI=1S/C18H20ClN3O4/c1-12(17(23)24)10-22(2)18(25)21-13-6-7-16(15(19)9-13)26-11-14-5-3-4-8-20-14/h3-9,12H,10-11H2,1-2H3,(H,21,25)(H,23,24). The van der Waals surface area contributed by atoms with E-state index in [2.05, 4.69) is 10.3 Å². The van der Waals surface area contributed by atoms with Gasteiger partial charge in [0.25, 0.3) is 0 Å². The quantitative estimate of drug-likeness (QED) is 0.770. The molecule has 8 heteroatoms. The Morgan fingerprint density at radius 3 is 2.73 bits per heavy atom. The number of ether oxygens (including phenoxy) is 1.